The van der Waals surface area contributed by atoms with Gasteiger partial charge in [-0.2, -0.15) is 0 Å². The van der Waals surface area contributed by atoms with E-state index in [2.05, 4.69) is 10.1 Å². The Hall–Kier alpha value is -1.88. The van der Waals surface area contributed by atoms with E-state index in [4.69, 9.17) is 5.73 Å². The minimum absolute atomic E-state index is 0.0698. The van der Waals surface area contributed by atoms with Crippen LogP contribution in [0.4, 0.5) is 0 Å². The summed E-state index contributed by atoms with van der Waals surface area (Å²) in [6, 6.07) is 6.92. The highest BCUT2D eigenvalue weighted by Gasteiger charge is 2.58. The minimum atomic E-state index is -0.708. The van der Waals surface area contributed by atoms with Crippen molar-refractivity contribution in [3.63, 3.8) is 0 Å². The van der Waals surface area contributed by atoms with Gasteiger partial charge < -0.3 is 15.8 Å². The smallest absolute Gasteiger partial charge is 0.337 e. The number of rotatable bonds is 4. The normalized spacial score (nSPS) is 21.7. The third-order valence-corrected chi connectivity index (χ3v) is 5.43. The molecular formula is C18H24N2O3. The largest absolute Gasteiger partial charge is 0.465 e. The molecule has 0 heterocycles. The van der Waals surface area contributed by atoms with Crippen molar-refractivity contribution in [3.05, 3.63) is 35.4 Å². The van der Waals surface area contributed by atoms with E-state index in [1.807, 2.05) is 19.1 Å². The molecule has 0 radical (unpaired) electrons. The van der Waals surface area contributed by atoms with Gasteiger partial charge in [-0.3, -0.25) is 4.79 Å². The fourth-order valence-electron chi connectivity index (χ4n) is 3.93. The average Bonchev–Trinajstić information content (AvgIpc) is 2.49. The van der Waals surface area contributed by atoms with Gasteiger partial charge in [-0.15, -0.1) is 0 Å². The second-order valence-corrected chi connectivity index (χ2v) is 7.17. The van der Waals surface area contributed by atoms with Crippen LogP contribution >= 0.6 is 0 Å². The molecule has 0 unspecified atom stereocenters. The molecule has 2 aliphatic rings. The number of hydrogen-bond acceptors (Lipinski definition) is 4. The Morgan fingerprint density at radius 1 is 1.22 bits per heavy atom. The molecule has 3 N–H and O–H groups in total. The molecule has 5 nitrogen and oxygen atoms in total. The van der Waals surface area contributed by atoms with Crippen molar-refractivity contribution >= 4 is 11.9 Å². The first-order valence-corrected chi connectivity index (χ1v) is 8.16. The number of amides is 1. The Morgan fingerprint density at radius 3 is 2.30 bits per heavy atom. The van der Waals surface area contributed by atoms with Crippen molar-refractivity contribution in [2.24, 2.45) is 11.1 Å². The lowest BCUT2D eigenvalue weighted by molar-refractivity contribution is -0.141. The van der Waals surface area contributed by atoms with Gasteiger partial charge in [0.25, 0.3) is 0 Å². The van der Waals surface area contributed by atoms with Crippen molar-refractivity contribution in [1.29, 1.82) is 0 Å². The van der Waals surface area contributed by atoms with Gasteiger partial charge in [-0.05, 0) is 55.7 Å². The molecule has 2 fully saturated rings. The molecular weight excluding hydrogens is 292 g/mol. The Balaban J connectivity index is 1.59. The topological polar surface area (TPSA) is 81.4 Å². The third-order valence-electron chi connectivity index (χ3n) is 5.43. The molecule has 3 rings (SSSR count). The number of carbonyl (C=O) groups excluding carboxylic acids is 2. The number of nitrogens with one attached hydrogen (secondary N) is 1. The molecule has 1 spiro atoms. The first-order valence-electron chi connectivity index (χ1n) is 8.16. The molecule has 0 aromatic heterocycles. The van der Waals surface area contributed by atoms with E-state index in [1.54, 1.807) is 12.1 Å². The van der Waals surface area contributed by atoms with Gasteiger partial charge in [-0.1, -0.05) is 18.6 Å². The molecule has 0 aliphatic heterocycles. The van der Waals surface area contributed by atoms with Crippen LogP contribution in [0.2, 0.25) is 0 Å². The molecule has 23 heavy (non-hydrogen) atoms. The molecule has 0 saturated heterocycles. The lowest BCUT2D eigenvalue weighted by atomic mass is 9.48. The minimum Gasteiger partial charge on any atom is -0.465 e. The van der Waals surface area contributed by atoms with Gasteiger partial charge in [0.05, 0.1) is 24.3 Å². The highest BCUT2D eigenvalue weighted by Crippen LogP contribution is 2.59. The van der Waals surface area contributed by atoms with Crippen LogP contribution in [0.1, 0.15) is 61.0 Å². The standard InChI is InChI=1S/C18H24N2O3/c1-12(13-4-6-14(7-5-13)15(21)23-2)20-16(22)18(19)10-17(11-18)8-3-9-17/h4-7,12H,3,8-11,19H2,1-2H3,(H,20,22)/t12-/m0/s1. The predicted molar refractivity (Wildman–Crippen MR) is 86.8 cm³/mol. The Morgan fingerprint density at radius 2 is 1.83 bits per heavy atom. The quantitative estimate of drug-likeness (QED) is 0.835. The highest BCUT2D eigenvalue weighted by molar-refractivity contribution is 5.89. The van der Waals surface area contributed by atoms with E-state index in [-0.39, 0.29) is 17.9 Å². The number of nitrogens with two attached hydrogens (primary N) is 1. The maximum atomic E-state index is 12.5. The summed E-state index contributed by atoms with van der Waals surface area (Å²) in [6.45, 7) is 1.92. The molecule has 5 heteroatoms. The van der Waals surface area contributed by atoms with E-state index in [0.717, 1.165) is 18.4 Å². The number of carbonyl (C=O) groups is 2. The first kappa shape index (κ1) is 16.0. The van der Waals surface area contributed by atoms with Crippen LogP contribution in [0.25, 0.3) is 0 Å². The summed E-state index contributed by atoms with van der Waals surface area (Å²) in [5, 5.41) is 3.01. The van der Waals surface area contributed by atoms with Gasteiger partial charge in [0.2, 0.25) is 5.91 Å². The first-order chi connectivity index (χ1) is 10.9. The van der Waals surface area contributed by atoms with Crippen LogP contribution in [0.5, 0.6) is 0 Å². The fourth-order valence-corrected chi connectivity index (χ4v) is 3.93. The van der Waals surface area contributed by atoms with Crippen LogP contribution in [0.15, 0.2) is 24.3 Å². The van der Waals surface area contributed by atoms with Crippen molar-refractivity contribution < 1.29 is 14.3 Å². The number of methoxy groups -OCH3 is 1. The van der Waals surface area contributed by atoms with E-state index < -0.39 is 5.54 Å². The predicted octanol–water partition coefficient (Wildman–Crippen LogP) is 2.31. The number of benzene rings is 1. The molecule has 1 atom stereocenters. The summed E-state index contributed by atoms with van der Waals surface area (Å²) in [5.74, 6) is -0.436. The Labute approximate surface area is 136 Å². The molecule has 124 valence electrons. The van der Waals surface area contributed by atoms with Crippen molar-refractivity contribution in [3.8, 4) is 0 Å². The monoisotopic (exact) mass is 316 g/mol. The third kappa shape index (κ3) is 2.85. The maximum absolute atomic E-state index is 12.5. The van der Waals surface area contributed by atoms with E-state index in [1.165, 1.54) is 26.4 Å². The van der Waals surface area contributed by atoms with E-state index in [0.29, 0.717) is 11.0 Å². The molecule has 2 aliphatic carbocycles. The Bertz CT molecular complexity index is 612. The van der Waals surface area contributed by atoms with Gasteiger partial charge in [0.15, 0.2) is 0 Å². The lowest BCUT2D eigenvalue weighted by Crippen LogP contribution is -2.67. The number of hydrogen-bond donors (Lipinski definition) is 2. The Kier molecular flexibility index (Phi) is 3.92. The number of ether oxygens (including phenoxy) is 1. The SMILES string of the molecule is COC(=O)c1ccc([C@H](C)NC(=O)C2(N)CC3(CCC3)C2)cc1. The van der Waals surface area contributed by atoms with Crippen molar-refractivity contribution in [2.45, 2.75) is 50.6 Å². The van der Waals surface area contributed by atoms with E-state index in [9.17, 15) is 9.59 Å². The highest BCUT2D eigenvalue weighted by atomic mass is 16.5. The summed E-state index contributed by atoms with van der Waals surface area (Å²) in [6.07, 6.45) is 5.30. The van der Waals surface area contributed by atoms with Crippen molar-refractivity contribution in [2.75, 3.05) is 7.11 Å². The summed E-state index contributed by atoms with van der Waals surface area (Å²) < 4.78 is 4.68. The van der Waals surface area contributed by atoms with Gasteiger partial charge >= 0.3 is 5.97 Å². The molecule has 0 bridgehead atoms. The lowest BCUT2D eigenvalue weighted by Gasteiger charge is -2.58. The zero-order chi connectivity index (χ0) is 16.7. The average molecular weight is 316 g/mol. The van der Waals surface area contributed by atoms with Crippen LogP contribution in [-0.2, 0) is 9.53 Å². The van der Waals surface area contributed by atoms with Gasteiger partial charge in [0.1, 0.15) is 0 Å². The van der Waals surface area contributed by atoms with Crippen LogP contribution < -0.4 is 11.1 Å². The summed E-state index contributed by atoms with van der Waals surface area (Å²) in [4.78, 5) is 23.9. The van der Waals surface area contributed by atoms with E-state index >= 15 is 0 Å². The van der Waals surface area contributed by atoms with Crippen LogP contribution in [0, 0.1) is 5.41 Å². The molecule has 1 aromatic carbocycles. The molecule has 1 aromatic rings. The summed E-state index contributed by atoms with van der Waals surface area (Å²) in [7, 11) is 1.35. The zero-order valence-corrected chi connectivity index (χ0v) is 13.7. The van der Waals surface area contributed by atoms with Crippen molar-refractivity contribution in [1.82, 2.24) is 5.32 Å². The van der Waals surface area contributed by atoms with Crippen LogP contribution in [0.3, 0.4) is 0 Å². The zero-order valence-electron chi connectivity index (χ0n) is 13.7. The molecule has 2 saturated carbocycles. The summed E-state index contributed by atoms with van der Waals surface area (Å²) in [5.41, 5.74) is 7.35. The molecule has 1 amide bonds. The van der Waals surface area contributed by atoms with Gasteiger partial charge in [-0.25, -0.2) is 4.79 Å². The maximum Gasteiger partial charge on any atom is 0.337 e. The summed E-state index contributed by atoms with van der Waals surface area (Å²) >= 11 is 0. The second kappa shape index (κ2) is 5.64. The van der Waals surface area contributed by atoms with Gasteiger partial charge in [0, 0.05) is 0 Å². The fraction of sp³-hybridized carbons (Fsp3) is 0.556. The number of esters is 1. The van der Waals surface area contributed by atoms with Crippen LogP contribution in [-0.4, -0.2) is 24.5 Å². The second-order valence-electron chi connectivity index (χ2n) is 7.17.